The highest BCUT2D eigenvalue weighted by atomic mass is 32.2. The number of hydrogen-bond donors (Lipinski definition) is 2. The number of rotatable bonds is 9. The van der Waals surface area contributed by atoms with E-state index < -0.39 is 0 Å². The van der Waals surface area contributed by atoms with Crippen LogP contribution in [-0.2, 0) is 11.3 Å². The van der Waals surface area contributed by atoms with E-state index in [4.69, 9.17) is 4.98 Å². The number of carbonyl (C=O) groups excluding carboxylic acids is 2. The van der Waals surface area contributed by atoms with E-state index in [0.717, 1.165) is 33.6 Å². The Labute approximate surface area is 210 Å². The lowest BCUT2D eigenvalue weighted by Gasteiger charge is -2.20. The minimum atomic E-state index is -0.337. The van der Waals surface area contributed by atoms with Gasteiger partial charge >= 0.3 is 0 Å². The van der Waals surface area contributed by atoms with E-state index >= 15 is 0 Å². The number of hydrogen-bond acceptors (Lipinski definition) is 4. The Balaban J connectivity index is 1.66. The van der Waals surface area contributed by atoms with Crippen molar-refractivity contribution in [2.24, 2.45) is 0 Å². The molecule has 0 aliphatic heterocycles. The first-order valence-electron chi connectivity index (χ1n) is 11.6. The van der Waals surface area contributed by atoms with Crippen molar-refractivity contribution in [1.82, 2.24) is 14.9 Å². The highest BCUT2D eigenvalue weighted by Crippen LogP contribution is 2.25. The van der Waals surface area contributed by atoms with Crippen LogP contribution < -0.4 is 10.6 Å². The number of imidazole rings is 1. The average molecular weight is 487 g/mol. The van der Waals surface area contributed by atoms with Gasteiger partial charge in [0.25, 0.3) is 5.91 Å². The number of amides is 2. The topological polar surface area (TPSA) is 76.0 Å². The molecule has 1 heterocycles. The van der Waals surface area contributed by atoms with Crippen molar-refractivity contribution in [2.45, 2.75) is 32.9 Å². The Morgan fingerprint density at radius 3 is 2.37 bits per heavy atom. The highest BCUT2D eigenvalue weighted by Gasteiger charge is 2.24. The summed E-state index contributed by atoms with van der Waals surface area (Å²) in [5, 5.41) is 6.18. The number of benzene rings is 3. The molecule has 0 fully saturated rings. The summed E-state index contributed by atoms with van der Waals surface area (Å²) in [4.78, 5) is 31.0. The lowest BCUT2D eigenvalue weighted by Crippen LogP contribution is -2.32. The normalized spacial score (nSPS) is 11.9. The maximum absolute atomic E-state index is 13.1. The molecule has 1 atom stereocenters. The summed E-state index contributed by atoms with van der Waals surface area (Å²) in [7, 11) is 0. The maximum Gasteiger partial charge on any atom is 0.251 e. The number of aryl methyl sites for hydroxylation is 2. The summed E-state index contributed by atoms with van der Waals surface area (Å²) in [6.45, 7) is 4.12. The van der Waals surface area contributed by atoms with Crippen molar-refractivity contribution in [3.63, 3.8) is 0 Å². The molecule has 0 saturated carbocycles. The van der Waals surface area contributed by atoms with Crippen molar-refractivity contribution in [1.29, 1.82) is 0 Å². The molecule has 0 spiro atoms. The number of fused-ring (bicyclic) bond motifs is 1. The molecule has 7 heteroatoms. The monoisotopic (exact) mass is 486 g/mol. The van der Waals surface area contributed by atoms with Crippen molar-refractivity contribution < 1.29 is 9.59 Å². The van der Waals surface area contributed by atoms with Crippen LogP contribution in [0.2, 0.25) is 0 Å². The SMILES string of the molecule is CSCCC(NC(=O)c1ccccc1)c1nc2ccccc2n1CC(=O)Nc1cc(C)cc(C)c1. The van der Waals surface area contributed by atoms with E-state index in [2.05, 4.69) is 16.7 Å². The number of carbonyl (C=O) groups is 2. The second-order valence-electron chi connectivity index (χ2n) is 8.64. The fourth-order valence-electron chi connectivity index (χ4n) is 4.25. The van der Waals surface area contributed by atoms with Crippen molar-refractivity contribution in [2.75, 3.05) is 17.3 Å². The molecule has 0 aliphatic rings. The predicted molar refractivity (Wildman–Crippen MR) is 144 cm³/mol. The zero-order valence-corrected chi connectivity index (χ0v) is 21.1. The van der Waals surface area contributed by atoms with Gasteiger partial charge in [0.1, 0.15) is 12.4 Å². The van der Waals surface area contributed by atoms with Gasteiger partial charge in [-0.3, -0.25) is 9.59 Å². The molecule has 1 aromatic heterocycles. The van der Waals surface area contributed by atoms with Gasteiger partial charge in [0, 0.05) is 11.3 Å². The van der Waals surface area contributed by atoms with E-state index in [-0.39, 0.29) is 24.4 Å². The molecular weight excluding hydrogens is 456 g/mol. The Kier molecular flexibility index (Phi) is 7.87. The molecule has 4 rings (SSSR count). The Hall–Kier alpha value is -3.58. The summed E-state index contributed by atoms with van der Waals surface area (Å²) in [5.41, 5.74) is 5.21. The van der Waals surface area contributed by atoms with Gasteiger partial charge in [0.05, 0.1) is 17.1 Å². The van der Waals surface area contributed by atoms with E-state index in [1.54, 1.807) is 23.9 Å². The van der Waals surface area contributed by atoms with Gasteiger partial charge in [0.15, 0.2) is 0 Å². The third-order valence-electron chi connectivity index (χ3n) is 5.75. The summed E-state index contributed by atoms with van der Waals surface area (Å²) >= 11 is 1.71. The first-order chi connectivity index (χ1) is 16.9. The zero-order chi connectivity index (χ0) is 24.8. The third-order valence-corrected chi connectivity index (χ3v) is 6.40. The minimum Gasteiger partial charge on any atom is -0.342 e. The summed E-state index contributed by atoms with van der Waals surface area (Å²) in [6, 6.07) is 22.6. The quantitative estimate of drug-likeness (QED) is 0.327. The van der Waals surface area contributed by atoms with Gasteiger partial charge in [-0.15, -0.1) is 0 Å². The Bertz CT molecular complexity index is 1310. The van der Waals surface area contributed by atoms with Crippen LogP contribution in [0.3, 0.4) is 0 Å². The summed E-state index contributed by atoms with van der Waals surface area (Å²) < 4.78 is 1.92. The van der Waals surface area contributed by atoms with Crippen LogP contribution in [0, 0.1) is 13.8 Å². The molecule has 35 heavy (non-hydrogen) atoms. The van der Waals surface area contributed by atoms with Gasteiger partial charge < -0.3 is 15.2 Å². The van der Waals surface area contributed by atoms with Crippen LogP contribution in [0.4, 0.5) is 5.69 Å². The van der Waals surface area contributed by atoms with Crippen LogP contribution in [0.1, 0.15) is 39.8 Å². The molecule has 0 radical (unpaired) electrons. The van der Waals surface area contributed by atoms with E-state index in [9.17, 15) is 9.59 Å². The van der Waals surface area contributed by atoms with Gasteiger partial charge in [-0.2, -0.15) is 11.8 Å². The molecule has 1 unspecified atom stereocenters. The molecule has 0 aliphatic carbocycles. The van der Waals surface area contributed by atoms with Crippen LogP contribution in [0.25, 0.3) is 11.0 Å². The van der Waals surface area contributed by atoms with Crippen LogP contribution in [0.5, 0.6) is 0 Å². The Morgan fingerprint density at radius 1 is 0.971 bits per heavy atom. The van der Waals surface area contributed by atoms with Gasteiger partial charge in [-0.25, -0.2) is 4.98 Å². The Morgan fingerprint density at radius 2 is 1.66 bits per heavy atom. The standard InChI is InChI=1S/C28H30N4O2S/c1-19-15-20(2)17-22(16-19)29-26(33)18-32-25-12-8-7-11-23(25)30-27(32)24(13-14-35-3)31-28(34)21-9-5-4-6-10-21/h4-12,15-17,24H,13-14,18H2,1-3H3,(H,29,33)(H,31,34). The molecule has 3 aromatic carbocycles. The predicted octanol–water partition coefficient (Wildman–Crippen LogP) is 5.52. The maximum atomic E-state index is 13.1. The van der Waals surface area contributed by atoms with Crippen molar-refractivity contribution >= 4 is 40.3 Å². The minimum absolute atomic E-state index is 0.0970. The molecular formula is C28H30N4O2S. The van der Waals surface area contributed by atoms with Crippen molar-refractivity contribution in [3.05, 3.63) is 95.3 Å². The zero-order valence-electron chi connectivity index (χ0n) is 20.2. The first-order valence-corrected chi connectivity index (χ1v) is 13.0. The average Bonchev–Trinajstić information content (AvgIpc) is 3.19. The highest BCUT2D eigenvalue weighted by molar-refractivity contribution is 7.98. The lowest BCUT2D eigenvalue weighted by molar-refractivity contribution is -0.116. The number of nitrogens with one attached hydrogen (secondary N) is 2. The molecule has 180 valence electrons. The fourth-order valence-corrected chi connectivity index (χ4v) is 4.72. The molecule has 0 bridgehead atoms. The summed E-state index contributed by atoms with van der Waals surface area (Å²) in [5.74, 6) is 1.23. The van der Waals surface area contributed by atoms with Gasteiger partial charge in [-0.05, 0) is 79.8 Å². The number of para-hydroxylation sites is 2. The molecule has 0 saturated heterocycles. The molecule has 2 N–H and O–H groups in total. The molecule has 2 amide bonds. The lowest BCUT2D eigenvalue weighted by atomic mass is 10.1. The van der Waals surface area contributed by atoms with Crippen LogP contribution in [0.15, 0.2) is 72.8 Å². The van der Waals surface area contributed by atoms with E-state index in [1.165, 1.54) is 0 Å². The van der Waals surface area contributed by atoms with Gasteiger partial charge in [0.2, 0.25) is 5.91 Å². The van der Waals surface area contributed by atoms with Crippen LogP contribution in [-0.4, -0.2) is 33.4 Å². The summed E-state index contributed by atoms with van der Waals surface area (Å²) in [6.07, 6.45) is 2.73. The number of aromatic nitrogens is 2. The largest absolute Gasteiger partial charge is 0.342 e. The smallest absolute Gasteiger partial charge is 0.251 e. The van der Waals surface area contributed by atoms with E-state index in [0.29, 0.717) is 17.8 Å². The molecule has 4 aromatic rings. The number of thioether (sulfide) groups is 1. The van der Waals surface area contributed by atoms with Crippen LogP contribution >= 0.6 is 11.8 Å². The number of nitrogens with zero attached hydrogens (tertiary/aromatic N) is 2. The van der Waals surface area contributed by atoms with Crippen molar-refractivity contribution in [3.8, 4) is 0 Å². The number of anilines is 1. The second-order valence-corrected chi connectivity index (χ2v) is 9.63. The first kappa shape index (κ1) is 24.5. The molecule has 6 nitrogen and oxygen atoms in total. The van der Waals surface area contributed by atoms with Gasteiger partial charge in [-0.1, -0.05) is 36.4 Å². The fraction of sp³-hybridized carbons (Fsp3) is 0.250. The van der Waals surface area contributed by atoms with E-state index in [1.807, 2.05) is 79.3 Å². The second kappa shape index (κ2) is 11.2. The third kappa shape index (κ3) is 6.11.